The summed E-state index contributed by atoms with van der Waals surface area (Å²) in [6, 6.07) is 12.0. The predicted molar refractivity (Wildman–Crippen MR) is 68.5 cm³/mol. The Kier molecular flexibility index (Phi) is 5.16. The van der Waals surface area contributed by atoms with Gasteiger partial charge in [0.1, 0.15) is 0 Å². The van der Waals surface area contributed by atoms with Crippen LogP contribution in [0.4, 0.5) is 0 Å². The average Bonchev–Trinajstić information content (AvgIpc) is 2.34. The zero-order valence-electron chi connectivity index (χ0n) is 9.01. The Hall–Kier alpha value is -2.33. The van der Waals surface area contributed by atoms with Gasteiger partial charge < -0.3 is 0 Å². The zero-order chi connectivity index (χ0) is 11.6. The summed E-state index contributed by atoms with van der Waals surface area (Å²) in [5.41, 5.74) is 1.96. The molecule has 0 bridgehead atoms. The Morgan fingerprint density at radius 2 is 1.94 bits per heavy atom. The summed E-state index contributed by atoms with van der Waals surface area (Å²) in [5, 5.41) is 8.61. The van der Waals surface area contributed by atoms with Crippen LogP contribution >= 0.6 is 0 Å². The van der Waals surface area contributed by atoms with Gasteiger partial charge in [0.25, 0.3) is 0 Å². The summed E-state index contributed by atoms with van der Waals surface area (Å²) in [4.78, 5) is 0. The minimum atomic E-state index is 0.853. The van der Waals surface area contributed by atoms with Crippen molar-refractivity contribution in [2.24, 2.45) is 0 Å². The van der Waals surface area contributed by atoms with Crippen molar-refractivity contribution in [1.29, 1.82) is 5.26 Å². The fourth-order valence-electron chi connectivity index (χ4n) is 1.16. The van der Waals surface area contributed by atoms with Gasteiger partial charge in [-0.15, -0.1) is 0 Å². The second-order valence-electron chi connectivity index (χ2n) is 3.11. The van der Waals surface area contributed by atoms with Crippen molar-refractivity contribution in [3.05, 3.63) is 78.4 Å². The summed E-state index contributed by atoms with van der Waals surface area (Å²) >= 11 is 0. The predicted octanol–water partition coefficient (Wildman–Crippen LogP) is 3.89. The molecular formula is C15H13N. The summed E-state index contributed by atoms with van der Waals surface area (Å²) in [6.07, 6.45) is 10.7. The van der Waals surface area contributed by atoms with Gasteiger partial charge in [-0.05, 0) is 11.1 Å². The highest BCUT2D eigenvalue weighted by atomic mass is 14.2. The second kappa shape index (κ2) is 7.03. The number of rotatable bonds is 4. The maximum atomic E-state index is 8.61. The van der Waals surface area contributed by atoms with E-state index in [0.717, 1.165) is 11.1 Å². The van der Waals surface area contributed by atoms with Gasteiger partial charge in [0, 0.05) is 6.08 Å². The van der Waals surface area contributed by atoms with Gasteiger partial charge in [-0.1, -0.05) is 67.3 Å². The van der Waals surface area contributed by atoms with Gasteiger partial charge in [-0.3, -0.25) is 0 Å². The highest BCUT2D eigenvalue weighted by Gasteiger charge is 1.86. The first-order valence-electron chi connectivity index (χ1n) is 4.99. The Morgan fingerprint density at radius 1 is 1.19 bits per heavy atom. The third kappa shape index (κ3) is 4.26. The summed E-state index contributed by atoms with van der Waals surface area (Å²) in [5.74, 6) is 0. The van der Waals surface area contributed by atoms with Crippen LogP contribution in [0.5, 0.6) is 0 Å². The first-order valence-corrected chi connectivity index (χ1v) is 4.99. The van der Waals surface area contributed by atoms with Crippen LogP contribution in [0.3, 0.4) is 0 Å². The topological polar surface area (TPSA) is 23.8 Å². The van der Waals surface area contributed by atoms with Crippen molar-refractivity contribution in [1.82, 2.24) is 0 Å². The normalized spacial score (nSPS) is 11.8. The van der Waals surface area contributed by atoms with Crippen LogP contribution in [0.15, 0.2) is 72.9 Å². The molecule has 0 saturated heterocycles. The van der Waals surface area contributed by atoms with E-state index in [1.165, 1.54) is 6.08 Å². The number of benzene rings is 1. The van der Waals surface area contributed by atoms with Crippen LogP contribution in [-0.4, -0.2) is 0 Å². The van der Waals surface area contributed by atoms with Crippen molar-refractivity contribution in [2.45, 2.75) is 0 Å². The molecule has 0 radical (unpaired) electrons. The molecular weight excluding hydrogens is 194 g/mol. The highest BCUT2D eigenvalue weighted by Crippen LogP contribution is 2.06. The van der Waals surface area contributed by atoms with Crippen LogP contribution in [0.2, 0.25) is 0 Å². The monoisotopic (exact) mass is 207 g/mol. The van der Waals surface area contributed by atoms with Crippen molar-refractivity contribution >= 4 is 6.08 Å². The summed E-state index contributed by atoms with van der Waals surface area (Å²) in [7, 11) is 0. The van der Waals surface area contributed by atoms with E-state index >= 15 is 0 Å². The van der Waals surface area contributed by atoms with E-state index in [1.54, 1.807) is 12.2 Å². The molecule has 0 aliphatic carbocycles. The highest BCUT2D eigenvalue weighted by molar-refractivity contribution is 5.55. The van der Waals surface area contributed by atoms with Crippen LogP contribution in [0.1, 0.15) is 5.56 Å². The number of nitrogens with zero attached hydrogens (tertiary/aromatic N) is 1. The third-order valence-electron chi connectivity index (χ3n) is 1.92. The molecule has 0 fully saturated rings. The standard InChI is InChI=1S/C15H13N/c1-2-3-7-15(12-13-16)11-10-14-8-5-4-6-9-14/h2-12H,1H2/b7-3+,11-10+,15-12-. The van der Waals surface area contributed by atoms with Gasteiger partial charge in [0.2, 0.25) is 0 Å². The lowest BCUT2D eigenvalue weighted by Crippen LogP contribution is -1.72. The Morgan fingerprint density at radius 3 is 2.56 bits per heavy atom. The van der Waals surface area contributed by atoms with E-state index in [2.05, 4.69) is 6.58 Å². The molecule has 0 aromatic heterocycles. The van der Waals surface area contributed by atoms with E-state index in [4.69, 9.17) is 5.26 Å². The van der Waals surface area contributed by atoms with Crippen LogP contribution in [0.25, 0.3) is 6.08 Å². The third-order valence-corrected chi connectivity index (χ3v) is 1.92. The lowest BCUT2D eigenvalue weighted by atomic mass is 10.1. The first-order chi connectivity index (χ1) is 7.86. The molecule has 0 heterocycles. The van der Waals surface area contributed by atoms with E-state index in [1.807, 2.05) is 54.6 Å². The molecule has 0 aliphatic heterocycles. The minimum absolute atomic E-state index is 0.853. The molecule has 1 aromatic rings. The number of hydrogen-bond donors (Lipinski definition) is 0. The van der Waals surface area contributed by atoms with Crippen molar-refractivity contribution < 1.29 is 0 Å². The molecule has 0 atom stereocenters. The SMILES string of the molecule is C=C/C=C/C(=C/C#N)/C=C/c1ccccc1. The Balaban J connectivity index is 2.81. The number of allylic oxidation sites excluding steroid dienone is 6. The number of nitriles is 1. The van der Waals surface area contributed by atoms with Crippen LogP contribution in [-0.2, 0) is 0 Å². The van der Waals surface area contributed by atoms with Gasteiger partial charge in [-0.2, -0.15) is 5.26 Å². The summed E-state index contributed by atoms with van der Waals surface area (Å²) < 4.78 is 0. The minimum Gasteiger partial charge on any atom is -0.193 e. The van der Waals surface area contributed by atoms with Gasteiger partial charge in [-0.25, -0.2) is 0 Å². The lowest BCUT2D eigenvalue weighted by Gasteiger charge is -1.92. The van der Waals surface area contributed by atoms with Gasteiger partial charge in [0.05, 0.1) is 6.07 Å². The van der Waals surface area contributed by atoms with Crippen molar-refractivity contribution in [2.75, 3.05) is 0 Å². The smallest absolute Gasteiger partial charge is 0.0918 e. The number of hydrogen-bond acceptors (Lipinski definition) is 1. The maximum Gasteiger partial charge on any atom is 0.0918 e. The van der Waals surface area contributed by atoms with Crippen LogP contribution in [0, 0.1) is 11.3 Å². The van der Waals surface area contributed by atoms with E-state index in [0.29, 0.717) is 0 Å². The zero-order valence-corrected chi connectivity index (χ0v) is 9.01. The molecule has 78 valence electrons. The first kappa shape index (κ1) is 11.7. The van der Waals surface area contributed by atoms with Gasteiger partial charge in [0.15, 0.2) is 0 Å². The molecule has 0 amide bonds. The fraction of sp³-hybridized carbons (Fsp3) is 0. The molecule has 1 aromatic carbocycles. The maximum absolute atomic E-state index is 8.61. The molecule has 0 N–H and O–H groups in total. The van der Waals surface area contributed by atoms with E-state index < -0.39 is 0 Å². The molecule has 1 heteroatoms. The molecule has 1 nitrogen and oxygen atoms in total. The van der Waals surface area contributed by atoms with Crippen molar-refractivity contribution in [3.63, 3.8) is 0 Å². The second-order valence-corrected chi connectivity index (χ2v) is 3.11. The lowest BCUT2D eigenvalue weighted by molar-refractivity contribution is 1.52. The largest absolute Gasteiger partial charge is 0.193 e. The summed E-state index contributed by atoms with van der Waals surface area (Å²) in [6.45, 7) is 3.59. The molecule has 0 aliphatic rings. The molecule has 0 spiro atoms. The fourth-order valence-corrected chi connectivity index (χ4v) is 1.16. The quantitative estimate of drug-likeness (QED) is 0.542. The Bertz CT molecular complexity index is 456. The molecule has 16 heavy (non-hydrogen) atoms. The average molecular weight is 207 g/mol. The Labute approximate surface area is 96.4 Å². The van der Waals surface area contributed by atoms with Crippen molar-refractivity contribution in [3.8, 4) is 6.07 Å². The van der Waals surface area contributed by atoms with E-state index in [9.17, 15) is 0 Å². The molecule has 0 saturated carbocycles. The molecule has 1 rings (SSSR count). The van der Waals surface area contributed by atoms with Gasteiger partial charge >= 0.3 is 0 Å². The van der Waals surface area contributed by atoms with Crippen LogP contribution < -0.4 is 0 Å². The molecule has 0 unspecified atom stereocenters. The van der Waals surface area contributed by atoms with E-state index in [-0.39, 0.29) is 0 Å².